The minimum atomic E-state index is -0.395. The van der Waals surface area contributed by atoms with Gasteiger partial charge < -0.3 is 15.0 Å². The molecule has 6 nitrogen and oxygen atoms in total. The molecule has 0 aromatic heterocycles. The monoisotopic (exact) mass is 439 g/mol. The zero-order chi connectivity index (χ0) is 22.0. The predicted octanol–water partition coefficient (Wildman–Crippen LogP) is 4.58. The number of allylic oxidation sites excluding steroid dienone is 1. The van der Waals surface area contributed by atoms with Crippen molar-refractivity contribution in [2.45, 2.75) is 64.5 Å². The molecule has 1 aromatic rings. The summed E-state index contributed by atoms with van der Waals surface area (Å²) >= 11 is 1.50. The fourth-order valence-electron chi connectivity index (χ4n) is 4.50. The average molecular weight is 440 g/mol. The summed E-state index contributed by atoms with van der Waals surface area (Å²) in [5.41, 5.74) is 4.14. The summed E-state index contributed by atoms with van der Waals surface area (Å²) in [6.07, 6.45) is 5.97. The van der Waals surface area contributed by atoms with Gasteiger partial charge in [-0.1, -0.05) is 60.9 Å². The lowest BCUT2D eigenvalue weighted by atomic mass is 9.93. The number of hydrogen-bond donors (Lipinski definition) is 1. The van der Waals surface area contributed by atoms with Gasteiger partial charge in [0, 0.05) is 11.7 Å². The van der Waals surface area contributed by atoms with Crippen LogP contribution in [0.15, 0.2) is 51.6 Å². The van der Waals surface area contributed by atoms with E-state index in [9.17, 15) is 9.59 Å². The summed E-state index contributed by atoms with van der Waals surface area (Å²) in [7, 11) is 1.39. The van der Waals surface area contributed by atoms with Gasteiger partial charge in [-0.3, -0.25) is 4.79 Å². The fourth-order valence-corrected chi connectivity index (χ4v) is 5.46. The number of rotatable bonds is 5. The van der Waals surface area contributed by atoms with E-state index < -0.39 is 5.97 Å². The van der Waals surface area contributed by atoms with Gasteiger partial charge in [0.25, 0.3) is 0 Å². The highest BCUT2D eigenvalue weighted by Crippen LogP contribution is 2.44. The van der Waals surface area contributed by atoms with E-state index in [0.29, 0.717) is 11.3 Å². The molecule has 4 rings (SSSR count). The maximum absolute atomic E-state index is 12.8. The van der Waals surface area contributed by atoms with Gasteiger partial charge in [0.2, 0.25) is 5.91 Å². The second kappa shape index (κ2) is 9.30. The van der Waals surface area contributed by atoms with E-state index in [-0.39, 0.29) is 24.4 Å². The molecule has 164 valence electrons. The highest BCUT2D eigenvalue weighted by atomic mass is 32.2. The highest BCUT2D eigenvalue weighted by Gasteiger charge is 2.41. The average Bonchev–Trinajstić information content (AvgIpc) is 3.15. The molecule has 3 aliphatic rings. The zero-order valence-electron chi connectivity index (χ0n) is 18.3. The number of amides is 1. The van der Waals surface area contributed by atoms with Crippen LogP contribution in [0.5, 0.6) is 0 Å². The Kier molecular flexibility index (Phi) is 6.51. The molecule has 7 heteroatoms. The smallest absolute Gasteiger partial charge is 0.338 e. The second-order valence-electron chi connectivity index (χ2n) is 8.37. The number of amidine groups is 1. The van der Waals surface area contributed by atoms with Crippen LogP contribution in [0.2, 0.25) is 0 Å². The van der Waals surface area contributed by atoms with Crippen molar-refractivity contribution < 1.29 is 14.3 Å². The molecule has 2 heterocycles. The summed E-state index contributed by atoms with van der Waals surface area (Å²) in [6, 6.07) is 8.03. The molecule has 1 N–H and O–H groups in total. The maximum Gasteiger partial charge on any atom is 0.338 e. The normalized spacial score (nSPS) is 21.4. The standard InChI is InChI=1S/C24H29N3O3S/c1-15-9-11-17(12-10-15)22-21(23(29)30-3)16(2)25-24-27(22)19(14-31-24)13-20(28)26-18-7-5-4-6-8-18/h9-12,14,18,22H,4-8,13H2,1-3H3,(H,26,28). The maximum atomic E-state index is 12.8. The summed E-state index contributed by atoms with van der Waals surface area (Å²) in [4.78, 5) is 32.2. The van der Waals surface area contributed by atoms with Crippen molar-refractivity contribution in [1.29, 1.82) is 0 Å². The van der Waals surface area contributed by atoms with E-state index in [1.807, 2.05) is 48.4 Å². The summed E-state index contributed by atoms with van der Waals surface area (Å²) in [6.45, 7) is 3.87. The van der Waals surface area contributed by atoms with Gasteiger partial charge >= 0.3 is 5.97 Å². The second-order valence-corrected chi connectivity index (χ2v) is 9.21. The third kappa shape index (κ3) is 4.56. The molecular formula is C24H29N3O3S. The molecule has 1 amide bonds. The molecule has 1 unspecified atom stereocenters. The Morgan fingerprint density at radius 2 is 1.87 bits per heavy atom. The number of aryl methyl sites for hydroxylation is 1. The van der Waals surface area contributed by atoms with Gasteiger partial charge in [0.1, 0.15) is 0 Å². The Labute approximate surface area is 187 Å². The van der Waals surface area contributed by atoms with Crippen molar-refractivity contribution in [2.24, 2.45) is 4.99 Å². The number of carbonyl (C=O) groups is 2. The molecular weight excluding hydrogens is 410 g/mol. The van der Waals surface area contributed by atoms with Crippen molar-refractivity contribution in [3.8, 4) is 0 Å². The SMILES string of the molecule is COC(=O)C1=C(C)N=C2SC=C(CC(=O)NC3CCCCC3)N2C1c1ccc(C)cc1. The van der Waals surface area contributed by atoms with E-state index in [4.69, 9.17) is 4.74 Å². The van der Waals surface area contributed by atoms with Gasteiger partial charge in [-0.25, -0.2) is 9.79 Å². The van der Waals surface area contributed by atoms with Crippen LogP contribution in [0.25, 0.3) is 0 Å². The van der Waals surface area contributed by atoms with E-state index in [1.165, 1.54) is 38.1 Å². The van der Waals surface area contributed by atoms with Crippen LogP contribution >= 0.6 is 11.8 Å². The topological polar surface area (TPSA) is 71.0 Å². The largest absolute Gasteiger partial charge is 0.466 e. The van der Waals surface area contributed by atoms with Gasteiger partial charge in [-0.05, 0) is 37.7 Å². The minimum Gasteiger partial charge on any atom is -0.466 e. The Hall–Kier alpha value is -2.54. The molecule has 1 fully saturated rings. The number of hydrogen-bond acceptors (Lipinski definition) is 6. The lowest BCUT2D eigenvalue weighted by Gasteiger charge is -2.36. The molecule has 0 radical (unpaired) electrons. The quantitative estimate of drug-likeness (QED) is 0.680. The molecule has 1 aliphatic carbocycles. The third-order valence-corrected chi connectivity index (χ3v) is 7.00. The lowest BCUT2D eigenvalue weighted by Crippen LogP contribution is -2.40. The number of nitrogens with zero attached hydrogens (tertiary/aromatic N) is 2. The van der Waals surface area contributed by atoms with Crippen LogP contribution in [0.3, 0.4) is 0 Å². The first-order chi connectivity index (χ1) is 15.0. The molecule has 0 spiro atoms. The Bertz CT molecular complexity index is 959. The molecule has 0 saturated heterocycles. The summed E-state index contributed by atoms with van der Waals surface area (Å²) in [5, 5.41) is 5.97. The lowest BCUT2D eigenvalue weighted by molar-refractivity contribution is -0.136. The molecule has 1 atom stereocenters. The van der Waals surface area contributed by atoms with Crippen LogP contribution < -0.4 is 5.32 Å². The van der Waals surface area contributed by atoms with E-state index in [2.05, 4.69) is 10.3 Å². The number of esters is 1. The van der Waals surface area contributed by atoms with E-state index in [0.717, 1.165) is 34.8 Å². The first-order valence-electron chi connectivity index (χ1n) is 10.9. The van der Waals surface area contributed by atoms with Crippen molar-refractivity contribution in [2.75, 3.05) is 7.11 Å². The van der Waals surface area contributed by atoms with Gasteiger partial charge in [-0.2, -0.15) is 0 Å². The zero-order valence-corrected chi connectivity index (χ0v) is 19.1. The number of benzene rings is 1. The number of carbonyl (C=O) groups excluding carboxylic acids is 2. The van der Waals surface area contributed by atoms with Crippen molar-refractivity contribution in [1.82, 2.24) is 10.2 Å². The van der Waals surface area contributed by atoms with Crippen molar-refractivity contribution >= 4 is 28.8 Å². The number of fused-ring (bicyclic) bond motifs is 1. The van der Waals surface area contributed by atoms with Crippen LogP contribution in [0, 0.1) is 6.92 Å². The van der Waals surface area contributed by atoms with Crippen molar-refractivity contribution in [3.05, 3.63) is 57.8 Å². The van der Waals surface area contributed by atoms with Crippen LogP contribution in [0.4, 0.5) is 0 Å². The number of ether oxygens (including phenoxy) is 1. The third-order valence-electron chi connectivity index (χ3n) is 6.11. The van der Waals surface area contributed by atoms with Crippen LogP contribution in [-0.2, 0) is 14.3 Å². The van der Waals surface area contributed by atoms with Crippen LogP contribution in [-0.4, -0.2) is 35.1 Å². The van der Waals surface area contributed by atoms with Gasteiger partial charge in [0.05, 0.1) is 30.8 Å². The molecule has 1 aromatic carbocycles. The predicted molar refractivity (Wildman–Crippen MR) is 123 cm³/mol. The first kappa shape index (κ1) is 21.7. The number of methoxy groups -OCH3 is 1. The Morgan fingerprint density at radius 1 is 1.16 bits per heavy atom. The van der Waals surface area contributed by atoms with E-state index in [1.54, 1.807) is 0 Å². The minimum absolute atomic E-state index is 0.0218. The first-order valence-corrected chi connectivity index (χ1v) is 11.7. The van der Waals surface area contributed by atoms with Gasteiger partial charge in [-0.15, -0.1) is 0 Å². The highest BCUT2D eigenvalue weighted by molar-refractivity contribution is 8.16. The molecule has 1 saturated carbocycles. The van der Waals surface area contributed by atoms with Crippen molar-refractivity contribution in [3.63, 3.8) is 0 Å². The Morgan fingerprint density at radius 3 is 2.55 bits per heavy atom. The van der Waals surface area contributed by atoms with Gasteiger partial charge in [0.15, 0.2) is 5.17 Å². The molecule has 2 aliphatic heterocycles. The summed E-state index contributed by atoms with van der Waals surface area (Å²) in [5.74, 6) is -0.373. The number of nitrogens with one attached hydrogen (secondary N) is 1. The summed E-state index contributed by atoms with van der Waals surface area (Å²) < 4.78 is 5.10. The van der Waals surface area contributed by atoms with E-state index >= 15 is 0 Å². The molecule has 31 heavy (non-hydrogen) atoms. The number of thioether (sulfide) groups is 1. The van der Waals surface area contributed by atoms with Crippen LogP contribution in [0.1, 0.15) is 62.6 Å². The molecule has 0 bridgehead atoms. The number of aliphatic imine (C=N–C) groups is 1. The Balaban J connectivity index is 1.62. The fraction of sp³-hybridized carbons (Fsp3) is 0.458.